The Morgan fingerprint density at radius 1 is 1.24 bits per heavy atom. The zero-order chi connectivity index (χ0) is 14.8. The highest BCUT2D eigenvalue weighted by atomic mass is 16.4. The van der Waals surface area contributed by atoms with Crippen LogP contribution in [0.4, 0.5) is 5.69 Å². The molecule has 1 aromatic carbocycles. The van der Waals surface area contributed by atoms with Crippen LogP contribution in [0.2, 0.25) is 0 Å². The van der Waals surface area contributed by atoms with Gasteiger partial charge in [0.1, 0.15) is 0 Å². The molecule has 0 spiro atoms. The molecule has 2 aromatic heterocycles. The summed E-state index contributed by atoms with van der Waals surface area (Å²) in [7, 11) is 0. The van der Waals surface area contributed by atoms with Crippen LogP contribution in [-0.2, 0) is 0 Å². The van der Waals surface area contributed by atoms with Crippen LogP contribution >= 0.6 is 0 Å². The molecule has 7 heteroatoms. The predicted molar refractivity (Wildman–Crippen MR) is 75.7 cm³/mol. The number of carbonyl (C=O) groups is 1. The van der Waals surface area contributed by atoms with E-state index in [4.69, 9.17) is 4.42 Å². The Morgan fingerprint density at radius 2 is 2.00 bits per heavy atom. The quantitative estimate of drug-likeness (QED) is 0.769. The fourth-order valence-electron chi connectivity index (χ4n) is 2.07. The van der Waals surface area contributed by atoms with Crippen LogP contribution in [0.25, 0.3) is 11.5 Å². The third-order valence-electron chi connectivity index (χ3n) is 3.10. The summed E-state index contributed by atoms with van der Waals surface area (Å²) in [6.45, 7) is 3.60. The van der Waals surface area contributed by atoms with E-state index >= 15 is 0 Å². The van der Waals surface area contributed by atoms with Crippen molar-refractivity contribution in [1.29, 1.82) is 0 Å². The van der Waals surface area contributed by atoms with Gasteiger partial charge < -0.3 is 9.73 Å². The molecule has 106 valence electrons. The van der Waals surface area contributed by atoms with Crippen LogP contribution in [-0.4, -0.2) is 26.3 Å². The van der Waals surface area contributed by atoms with Crippen molar-refractivity contribution in [3.8, 4) is 11.5 Å². The molecule has 3 rings (SSSR count). The number of aromatic amines is 1. The van der Waals surface area contributed by atoms with Crippen LogP contribution in [0.5, 0.6) is 0 Å². The van der Waals surface area contributed by atoms with Gasteiger partial charge in [-0.25, -0.2) is 0 Å². The summed E-state index contributed by atoms with van der Waals surface area (Å²) in [5.41, 5.74) is 3.46. The summed E-state index contributed by atoms with van der Waals surface area (Å²) in [6.07, 6.45) is 1.27. The SMILES string of the molecule is Cc1n[nH]c(C)c1C(=O)Nc1ccc(-c2nnco2)cc1. The Labute approximate surface area is 120 Å². The Bertz CT molecular complexity index is 740. The van der Waals surface area contributed by atoms with Crippen molar-refractivity contribution in [2.24, 2.45) is 0 Å². The summed E-state index contributed by atoms with van der Waals surface area (Å²) in [5.74, 6) is 0.249. The van der Waals surface area contributed by atoms with Gasteiger partial charge in [0.05, 0.1) is 11.3 Å². The minimum Gasteiger partial charge on any atom is -0.423 e. The largest absolute Gasteiger partial charge is 0.423 e. The van der Waals surface area contributed by atoms with Crippen LogP contribution < -0.4 is 5.32 Å². The number of H-pyrrole nitrogens is 1. The molecule has 0 bridgehead atoms. The summed E-state index contributed by atoms with van der Waals surface area (Å²) in [6, 6.07) is 7.17. The van der Waals surface area contributed by atoms with Gasteiger partial charge in [-0.05, 0) is 38.1 Å². The van der Waals surface area contributed by atoms with Crippen molar-refractivity contribution >= 4 is 11.6 Å². The molecule has 2 heterocycles. The fraction of sp³-hybridized carbons (Fsp3) is 0.143. The number of nitrogens with one attached hydrogen (secondary N) is 2. The number of aromatic nitrogens is 4. The summed E-state index contributed by atoms with van der Waals surface area (Å²) in [4.78, 5) is 12.2. The molecule has 0 saturated heterocycles. The first-order valence-corrected chi connectivity index (χ1v) is 6.34. The lowest BCUT2D eigenvalue weighted by Gasteiger charge is -2.05. The number of hydrogen-bond acceptors (Lipinski definition) is 5. The second kappa shape index (κ2) is 5.20. The number of nitrogens with zero attached hydrogens (tertiary/aromatic N) is 3. The highest BCUT2D eigenvalue weighted by Crippen LogP contribution is 2.20. The van der Waals surface area contributed by atoms with Gasteiger partial charge >= 0.3 is 0 Å². The molecule has 0 radical (unpaired) electrons. The van der Waals surface area contributed by atoms with Crippen LogP contribution in [0.15, 0.2) is 35.1 Å². The summed E-state index contributed by atoms with van der Waals surface area (Å²) in [5, 5.41) is 17.1. The molecule has 0 unspecified atom stereocenters. The number of benzene rings is 1. The molecular weight excluding hydrogens is 270 g/mol. The number of aryl methyl sites for hydroxylation is 2. The molecule has 2 N–H and O–H groups in total. The van der Waals surface area contributed by atoms with E-state index in [-0.39, 0.29) is 5.91 Å². The summed E-state index contributed by atoms with van der Waals surface area (Å²) < 4.78 is 5.11. The highest BCUT2D eigenvalue weighted by molar-refractivity contribution is 6.05. The topological polar surface area (TPSA) is 96.7 Å². The average molecular weight is 283 g/mol. The predicted octanol–water partition coefficient (Wildman–Crippen LogP) is 2.33. The van der Waals surface area contributed by atoms with Crippen molar-refractivity contribution in [2.75, 3.05) is 5.32 Å². The van der Waals surface area contributed by atoms with Crippen molar-refractivity contribution < 1.29 is 9.21 Å². The smallest absolute Gasteiger partial charge is 0.259 e. The van der Waals surface area contributed by atoms with E-state index in [1.807, 2.05) is 6.92 Å². The van der Waals surface area contributed by atoms with Crippen LogP contribution in [0.1, 0.15) is 21.7 Å². The van der Waals surface area contributed by atoms with Gasteiger partial charge in [-0.15, -0.1) is 10.2 Å². The van der Waals surface area contributed by atoms with E-state index in [1.54, 1.807) is 31.2 Å². The molecule has 3 aromatic rings. The number of anilines is 1. The second-order valence-corrected chi connectivity index (χ2v) is 4.58. The molecule has 0 aliphatic rings. The highest BCUT2D eigenvalue weighted by Gasteiger charge is 2.15. The van der Waals surface area contributed by atoms with Gasteiger partial charge in [0.25, 0.3) is 5.91 Å². The Morgan fingerprint density at radius 3 is 2.57 bits per heavy atom. The van der Waals surface area contributed by atoms with Gasteiger partial charge in [0.2, 0.25) is 12.3 Å². The Hall–Kier alpha value is -2.96. The lowest BCUT2D eigenvalue weighted by Crippen LogP contribution is -2.13. The first-order valence-electron chi connectivity index (χ1n) is 6.34. The van der Waals surface area contributed by atoms with Crippen molar-refractivity contribution in [3.05, 3.63) is 47.6 Å². The van der Waals surface area contributed by atoms with Gasteiger partial charge in [-0.2, -0.15) is 5.10 Å². The number of amides is 1. The van der Waals surface area contributed by atoms with Crippen LogP contribution in [0, 0.1) is 13.8 Å². The lowest BCUT2D eigenvalue weighted by atomic mass is 10.1. The maximum Gasteiger partial charge on any atom is 0.259 e. The van der Waals surface area contributed by atoms with E-state index < -0.39 is 0 Å². The molecule has 7 nitrogen and oxygen atoms in total. The molecule has 0 fully saturated rings. The maximum absolute atomic E-state index is 12.2. The van der Waals surface area contributed by atoms with Gasteiger partial charge in [0.15, 0.2) is 0 Å². The Balaban J connectivity index is 1.78. The van der Waals surface area contributed by atoms with E-state index in [1.165, 1.54) is 6.39 Å². The van der Waals surface area contributed by atoms with E-state index in [0.717, 1.165) is 11.3 Å². The molecule has 1 amide bonds. The molecular formula is C14H13N5O2. The lowest BCUT2D eigenvalue weighted by molar-refractivity contribution is 0.102. The Kier molecular flexibility index (Phi) is 3.23. The normalized spacial score (nSPS) is 10.6. The van der Waals surface area contributed by atoms with Crippen molar-refractivity contribution in [2.45, 2.75) is 13.8 Å². The van der Waals surface area contributed by atoms with Crippen molar-refractivity contribution in [1.82, 2.24) is 20.4 Å². The van der Waals surface area contributed by atoms with Crippen LogP contribution in [0.3, 0.4) is 0 Å². The standard InChI is InChI=1S/C14H13N5O2/c1-8-12(9(2)18-17-8)13(20)16-11-5-3-10(4-6-11)14-19-15-7-21-14/h3-7H,1-2H3,(H,16,20)(H,17,18). The van der Waals surface area contributed by atoms with E-state index in [0.29, 0.717) is 22.8 Å². The molecule has 0 aliphatic carbocycles. The zero-order valence-electron chi connectivity index (χ0n) is 11.5. The minimum atomic E-state index is -0.190. The zero-order valence-corrected chi connectivity index (χ0v) is 11.5. The fourth-order valence-corrected chi connectivity index (χ4v) is 2.07. The van der Waals surface area contributed by atoms with E-state index in [9.17, 15) is 4.79 Å². The number of hydrogen-bond donors (Lipinski definition) is 2. The maximum atomic E-state index is 12.2. The monoisotopic (exact) mass is 283 g/mol. The molecule has 21 heavy (non-hydrogen) atoms. The third-order valence-corrected chi connectivity index (χ3v) is 3.10. The first-order chi connectivity index (χ1) is 10.1. The summed E-state index contributed by atoms with van der Waals surface area (Å²) >= 11 is 0. The van der Waals surface area contributed by atoms with Crippen molar-refractivity contribution in [3.63, 3.8) is 0 Å². The average Bonchev–Trinajstić information content (AvgIpc) is 3.10. The number of rotatable bonds is 3. The van der Waals surface area contributed by atoms with E-state index in [2.05, 4.69) is 25.7 Å². The first kappa shape index (κ1) is 13.0. The van der Waals surface area contributed by atoms with Gasteiger partial charge in [-0.3, -0.25) is 9.89 Å². The molecule has 0 aliphatic heterocycles. The molecule has 0 saturated carbocycles. The minimum absolute atomic E-state index is 0.190. The third kappa shape index (κ3) is 2.53. The van der Waals surface area contributed by atoms with Gasteiger partial charge in [-0.1, -0.05) is 0 Å². The second-order valence-electron chi connectivity index (χ2n) is 4.58. The molecule has 0 atom stereocenters. The van der Waals surface area contributed by atoms with Gasteiger partial charge in [0, 0.05) is 16.9 Å². The number of carbonyl (C=O) groups excluding carboxylic acids is 1.